The van der Waals surface area contributed by atoms with E-state index in [2.05, 4.69) is 5.16 Å². The van der Waals surface area contributed by atoms with Crippen LogP contribution in [0.1, 0.15) is 26.2 Å². The Kier molecular flexibility index (Phi) is 4.14. The Morgan fingerprint density at radius 3 is 2.63 bits per heavy atom. The Labute approximate surface area is 113 Å². The van der Waals surface area contributed by atoms with Crippen LogP contribution in [-0.2, 0) is 0 Å². The Balaban J connectivity index is 1.90. The molecule has 1 aliphatic rings. The molecule has 5 nitrogen and oxygen atoms in total. The van der Waals surface area contributed by atoms with Crippen LogP contribution >= 0.6 is 0 Å². The van der Waals surface area contributed by atoms with Crippen molar-refractivity contribution >= 4 is 5.84 Å². The second-order valence-corrected chi connectivity index (χ2v) is 4.96. The number of benzene rings is 1. The van der Waals surface area contributed by atoms with Crippen molar-refractivity contribution in [3.63, 3.8) is 0 Å². The molecule has 3 N–H and O–H groups in total. The van der Waals surface area contributed by atoms with Gasteiger partial charge >= 0.3 is 0 Å². The van der Waals surface area contributed by atoms with Crippen LogP contribution in [-0.4, -0.2) is 24.3 Å². The molecule has 0 amide bonds. The number of nitrogens with two attached hydrogens (primary N) is 1. The lowest BCUT2D eigenvalue weighted by atomic mass is 10.0. The smallest absolute Gasteiger partial charge is 0.139 e. The van der Waals surface area contributed by atoms with Gasteiger partial charge in [-0.2, -0.15) is 0 Å². The van der Waals surface area contributed by atoms with E-state index in [1.807, 2.05) is 31.2 Å². The minimum atomic E-state index is 0.0396. The summed E-state index contributed by atoms with van der Waals surface area (Å²) < 4.78 is 11.2. The van der Waals surface area contributed by atoms with E-state index in [4.69, 9.17) is 20.4 Å². The SMILES string of the molecule is CCOc1cccc(OCC2(CC(N)=NO)CC2)c1. The summed E-state index contributed by atoms with van der Waals surface area (Å²) in [6.07, 6.45) is 2.68. The molecule has 5 heteroatoms. The molecule has 0 spiro atoms. The van der Waals surface area contributed by atoms with E-state index in [9.17, 15) is 0 Å². The van der Waals surface area contributed by atoms with Gasteiger partial charge < -0.3 is 20.4 Å². The highest BCUT2D eigenvalue weighted by atomic mass is 16.5. The molecule has 0 saturated heterocycles. The van der Waals surface area contributed by atoms with Crippen molar-refractivity contribution in [2.24, 2.45) is 16.3 Å². The average Bonchev–Trinajstić information content (AvgIpc) is 3.17. The quantitative estimate of drug-likeness (QED) is 0.343. The van der Waals surface area contributed by atoms with Crippen molar-refractivity contribution in [2.45, 2.75) is 26.2 Å². The third-order valence-corrected chi connectivity index (χ3v) is 3.30. The number of oxime groups is 1. The van der Waals surface area contributed by atoms with E-state index in [0.717, 1.165) is 24.3 Å². The van der Waals surface area contributed by atoms with Crippen molar-refractivity contribution in [3.05, 3.63) is 24.3 Å². The van der Waals surface area contributed by atoms with E-state index in [-0.39, 0.29) is 11.3 Å². The fraction of sp³-hybridized carbons (Fsp3) is 0.500. The molecule has 1 fully saturated rings. The molecule has 1 saturated carbocycles. The summed E-state index contributed by atoms with van der Waals surface area (Å²) in [5, 5.41) is 11.6. The lowest BCUT2D eigenvalue weighted by molar-refractivity contribution is 0.234. The molecular formula is C14H20N2O3. The Bertz CT molecular complexity index is 456. The molecule has 2 rings (SSSR count). The second-order valence-electron chi connectivity index (χ2n) is 4.96. The van der Waals surface area contributed by atoms with Crippen LogP contribution in [0, 0.1) is 5.41 Å². The number of amidine groups is 1. The third kappa shape index (κ3) is 3.77. The minimum Gasteiger partial charge on any atom is -0.494 e. The fourth-order valence-electron chi connectivity index (χ4n) is 2.03. The van der Waals surface area contributed by atoms with E-state index in [1.54, 1.807) is 0 Å². The summed E-state index contributed by atoms with van der Waals surface area (Å²) in [4.78, 5) is 0. The van der Waals surface area contributed by atoms with Gasteiger partial charge in [-0.25, -0.2) is 0 Å². The van der Waals surface area contributed by atoms with Gasteiger partial charge in [-0.15, -0.1) is 0 Å². The molecule has 19 heavy (non-hydrogen) atoms. The zero-order valence-electron chi connectivity index (χ0n) is 11.1. The number of hydrogen-bond acceptors (Lipinski definition) is 4. The van der Waals surface area contributed by atoms with Crippen LogP contribution in [0.25, 0.3) is 0 Å². The van der Waals surface area contributed by atoms with E-state index >= 15 is 0 Å². The number of ether oxygens (including phenoxy) is 2. The molecule has 0 unspecified atom stereocenters. The molecule has 1 aromatic rings. The van der Waals surface area contributed by atoms with Crippen LogP contribution in [0.5, 0.6) is 11.5 Å². The molecule has 0 atom stereocenters. The topological polar surface area (TPSA) is 77.1 Å². The van der Waals surface area contributed by atoms with Crippen LogP contribution in [0.3, 0.4) is 0 Å². The normalized spacial score (nSPS) is 17.0. The molecule has 1 aromatic carbocycles. The van der Waals surface area contributed by atoms with Crippen molar-refractivity contribution in [2.75, 3.05) is 13.2 Å². The lowest BCUT2D eigenvalue weighted by Gasteiger charge is -2.15. The van der Waals surface area contributed by atoms with Crippen LogP contribution in [0.4, 0.5) is 0 Å². The van der Waals surface area contributed by atoms with Crippen LogP contribution in [0.2, 0.25) is 0 Å². The molecule has 0 radical (unpaired) electrons. The van der Waals surface area contributed by atoms with Crippen molar-refractivity contribution in [3.8, 4) is 11.5 Å². The fourth-order valence-corrected chi connectivity index (χ4v) is 2.03. The zero-order chi connectivity index (χ0) is 13.7. The Morgan fingerprint density at radius 1 is 1.37 bits per heavy atom. The van der Waals surface area contributed by atoms with Crippen LogP contribution in [0.15, 0.2) is 29.4 Å². The predicted octanol–water partition coefficient (Wildman–Crippen LogP) is 2.38. The number of rotatable bonds is 7. The molecule has 0 aromatic heterocycles. The largest absolute Gasteiger partial charge is 0.494 e. The van der Waals surface area contributed by atoms with E-state index in [0.29, 0.717) is 19.6 Å². The third-order valence-electron chi connectivity index (χ3n) is 3.30. The summed E-state index contributed by atoms with van der Waals surface area (Å²) in [7, 11) is 0. The molecular weight excluding hydrogens is 244 g/mol. The van der Waals surface area contributed by atoms with Crippen molar-refractivity contribution in [1.82, 2.24) is 0 Å². The zero-order valence-corrected chi connectivity index (χ0v) is 11.1. The van der Waals surface area contributed by atoms with Gasteiger partial charge in [0.2, 0.25) is 0 Å². The summed E-state index contributed by atoms with van der Waals surface area (Å²) in [5.74, 6) is 1.86. The van der Waals surface area contributed by atoms with Gasteiger partial charge in [0.1, 0.15) is 17.3 Å². The first-order valence-corrected chi connectivity index (χ1v) is 6.49. The molecule has 0 heterocycles. The van der Waals surface area contributed by atoms with Gasteiger partial charge in [0, 0.05) is 17.9 Å². The maximum atomic E-state index is 8.61. The highest BCUT2D eigenvalue weighted by Gasteiger charge is 2.44. The van der Waals surface area contributed by atoms with Crippen molar-refractivity contribution < 1.29 is 14.7 Å². The Morgan fingerprint density at radius 2 is 2.05 bits per heavy atom. The van der Waals surface area contributed by atoms with E-state index < -0.39 is 0 Å². The van der Waals surface area contributed by atoms with Gasteiger partial charge in [-0.3, -0.25) is 0 Å². The van der Waals surface area contributed by atoms with Gasteiger partial charge in [0.05, 0.1) is 13.2 Å². The lowest BCUT2D eigenvalue weighted by Crippen LogP contribution is -2.22. The monoisotopic (exact) mass is 264 g/mol. The molecule has 0 bridgehead atoms. The second kappa shape index (κ2) is 5.82. The first-order valence-electron chi connectivity index (χ1n) is 6.49. The summed E-state index contributed by atoms with van der Waals surface area (Å²) in [6.45, 7) is 3.17. The molecule has 104 valence electrons. The predicted molar refractivity (Wildman–Crippen MR) is 72.8 cm³/mol. The first kappa shape index (κ1) is 13.5. The highest BCUT2D eigenvalue weighted by molar-refractivity contribution is 5.80. The maximum Gasteiger partial charge on any atom is 0.139 e. The first-order chi connectivity index (χ1) is 9.17. The van der Waals surface area contributed by atoms with Gasteiger partial charge in [-0.05, 0) is 31.9 Å². The van der Waals surface area contributed by atoms with Gasteiger partial charge in [-0.1, -0.05) is 11.2 Å². The average molecular weight is 264 g/mol. The number of hydrogen-bond donors (Lipinski definition) is 2. The van der Waals surface area contributed by atoms with E-state index in [1.165, 1.54) is 0 Å². The number of nitrogens with zero attached hydrogens (tertiary/aromatic N) is 1. The summed E-state index contributed by atoms with van der Waals surface area (Å²) in [6, 6.07) is 7.59. The van der Waals surface area contributed by atoms with Crippen LogP contribution < -0.4 is 15.2 Å². The van der Waals surface area contributed by atoms with Crippen molar-refractivity contribution in [1.29, 1.82) is 0 Å². The summed E-state index contributed by atoms with van der Waals surface area (Å²) >= 11 is 0. The van der Waals surface area contributed by atoms with Gasteiger partial charge in [0.25, 0.3) is 0 Å². The standard InChI is InChI=1S/C14H20N2O3/c1-2-18-11-4-3-5-12(8-11)19-10-14(6-7-14)9-13(15)16-17/h3-5,8,17H,2,6-7,9-10H2,1H3,(H2,15,16). The molecule has 0 aliphatic heterocycles. The minimum absolute atomic E-state index is 0.0396. The highest BCUT2D eigenvalue weighted by Crippen LogP contribution is 2.49. The molecule has 1 aliphatic carbocycles. The maximum absolute atomic E-state index is 8.61. The Hall–Kier alpha value is -1.91. The summed E-state index contributed by atoms with van der Waals surface area (Å²) in [5.41, 5.74) is 5.60. The van der Waals surface area contributed by atoms with Gasteiger partial charge in [0.15, 0.2) is 0 Å².